The van der Waals surface area contributed by atoms with Crippen LogP contribution < -0.4 is 10.6 Å². The van der Waals surface area contributed by atoms with Crippen LogP contribution in [0, 0.1) is 5.92 Å². The molecule has 3 rings (SSSR count). The second kappa shape index (κ2) is 8.91. The van der Waals surface area contributed by atoms with Crippen molar-refractivity contribution >= 4 is 12.1 Å². The zero-order chi connectivity index (χ0) is 22.1. The Balaban J connectivity index is 1.52. The summed E-state index contributed by atoms with van der Waals surface area (Å²) in [5, 5.41) is 6.86. The van der Waals surface area contributed by atoms with Gasteiger partial charge in [0.05, 0.1) is 12.1 Å². The van der Waals surface area contributed by atoms with Crippen molar-refractivity contribution in [1.29, 1.82) is 0 Å². The molecule has 0 spiro atoms. The fraction of sp³-hybridized carbons (Fsp3) is 0.909. The summed E-state index contributed by atoms with van der Waals surface area (Å²) in [4.78, 5) is 21.6. The number of likely N-dealkylation sites (tertiary alicyclic amines) is 1. The van der Waals surface area contributed by atoms with E-state index in [9.17, 15) is 4.79 Å². The number of nitrogens with zero attached hydrogens (tertiary/aromatic N) is 3. The van der Waals surface area contributed by atoms with E-state index in [0.717, 1.165) is 18.5 Å². The van der Waals surface area contributed by atoms with Crippen LogP contribution in [0.4, 0.5) is 4.79 Å². The number of nitrogens with one attached hydrogen (secondary N) is 2. The van der Waals surface area contributed by atoms with Gasteiger partial charge in [-0.05, 0) is 73.3 Å². The molecule has 0 aromatic heterocycles. The third-order valence-corrected chi connectivity index (χ3v) is 6.16. The summed E-state index contributed by atoms with van der Waals surface area (Å²) in [6.07, 6.45) is 3.53. The molecule has 3 aliphatic rings. The molecule has 2 heterocycles. The van der Waals surface area contributed by atoms with Crippen molar-refractivity contribution in [3.05, 3.63) is 0 Å². The van der Waals surface area contributed by atoms with E-state index >= 15 is 0 Å². The first-order valence-corrected chi connectivity index (χ1v) is 11.4. The lowest BCUT2D eigenvalue weighted by Gasteiger charge is -2.35. The predicted octanol–water partition coefficient (Wildman–Crippen LogP) is 2.40. The zero-order valence-corrected chi connectivity index (χ0v) is 19.8. The van der Waals surface area contributed by atoms with E-state index in [1.807, 2.05) is 41.5 Å². The van der Waals surface area contributed by atoms with Crippen LogP contribution in [0.1, 0.15) is 60.8 Å². The van der Waals surface area contributed by atoms with E-state index in [4.69, 9.17) is 9.47 Å². The number of ether oxygens (including phenoxy) is 2. The maximum Gasteiger partial charge on any atom is 0.412 e. The first kappa shape index (κ1) is 23.1. The molecule has 3 fully saturated rings. The summed E-state index contributed by atoms with van der Waals surface area (Å²) in [6, 6.07) is 0.698. The lowest BCUT2D eigenvalue weighted by molar-refractivity contribution is -0.0755. The topological polar surface area (TPSA) is 78.4 Å². The number of amides is 1. The van der Waals surface area contributed by atoms with Crippen molar-refractivity contribution in [2.75, 3.05) is 33.2 Å². The molecule has 3 atom stereocenters. The Morgan fingerprint density at radius 2 is 1.87 bits per heavy atom. The quantitative estimate of drug-likeness (QED) is 0.522. The Morgan fingerprint density at radius 1 is 1.20 bits per heavy atom. The Kier molecular flexibility index (Phi) is 6.87. The molecule has 30 heavy (non-hydrogen) atoms. The van der Waals surface area contributed by atoms with Crippen LogP contribution in [-0.4, -0.2) is 84.6 Å². The van der Waals surface area contributed by atoms with Crippen molar-refractivity contribution in [3.63, 3.8) is 0 Å². The van der Waals surface area contributed by atoms with Crippen molar-refractivity contribution < 1.29 is 14.3 Å². The van der Waals surface area contributed by atoms with Crippen molar-refractivity contribution in [2.24, 2.45) is 10.9 Å². The normalized spacial score (nSPS) is 29.9. The highest BCUT2D eigenvalue weighted by Crippen LogP contribution is 2.33. The molecule has 1 saturated carbocycles. The largest absolute Gasteiger partial charge is 0.444 e. The van der Waals surface area contributed by atoms with Gasteiger partial charge in [0.15, 0.2) is 5.96 Å². The molecule has 1 aliphatic carbocycles. The van der Waals surface area contributed by atoms with E-state index in [2.05, 4.69) is 20.5 Å². The summed E-state index contributed by atoms with van der Waals surface area (Å²) in [5.41, 5.74) is -1.27. The van der Waals surface area contributed by atoms with Gasteiger partial charge in [0.25, 0.3) is 0 Å². The molecule has 0 aromatic carbocycles. The number of rotatable bonds is 5. The van der Waals surface area contributed by atoms with Gasteiger partial charge in [0.2, 0.25) is 0 Å². The predicted molar refractivity (Wildman–Crippen MR) is 119 cm³/mol. The molecule has 3 unspecified atom stereocenters. The molecule has 172 valence electrons. The Labute approximate surface area is 181 Å². The average Bonchev–Trinajstić information content (AvgIpc) is 3.31. The van der Waals surface area contributed by atoms with Crippen LogP contribution in [0.5, 0.6) is 0 Å². The third-order valence-electron chi connectivity index (χ3n) is 6.16. The maximum absolute atomic E-state index is 12.9. The third kappa shape index (κ3) is 5.78. The molecule has 2 saturated heterocycles. The van der Waals surface area contributed by atoms with Crippen LogP contribution >= 0.6 is 0 Å². The summed E-state index contributed by atoms with van der Waals surface area (Å²) in [7, 11) is 1.78. The van der Waals surface area contributed by atoms with Crippen LogP contribution in [0.3, 0.4) is 0 Å². The van der Waals surface area contributed by atoms with Gasteiger partial charge in [-0.2, -0.15) is 0 Å². The molecule has 0 aromatic rings. The summed E-state index contributed by atoms with van der Waals surface area (Å²) in [5.74, 6) is 1.43. The number of guanidine groups is 1. The minimum atomic E-state index is -0.721. The van der Waals surface area contributed by atoms with Crippen LogP contribution in [0.2, 0.25) is 0 Å². The molecule has 2 aliphatic heterocycles. The van der Waals surface area contributed by atoms with E-state index in [1.54, 1.807) is 11.9 Å². The highest BCUT2D eigenvalue weighted by molar-refractivity contribution is 5.79. The molecule has 2 N–H and O–H groups in total. The lowest BCUT2D eigenvalue weighted by atomic mass is 10.1. The van der Waals surface area contributed by atoms with Crippen LogP contribution in [0.15, 0.2) is 4.99 Å². The van der Waals surface area contributed by atoms with Gasteiger partial charge in [-0.25, -0.2) is 4.79 Å². The Hall–Kier alpha value is -1.54. The number of hydrogen-bond acceptors (Lipinski definition) is 5. The fourth-order valence-corrected chi connectivity index (χ4v) is 4.59. The number of carbonyl (C=O) groups is 1. The highest BCUT2D eigenvalue weighted by Gasteiger charge is 2.49. The van der Waals surface area contributed by atoms with Gasteiger partial charge in [0, 0.05) is 32.7 Å². The molecular weight excluding hydrogens is 382 g/mol. The maximum atomic E-state index is 12.9. The minimum absolute atomic E-state index is 0.111. The van der Waals surface area contributed by atoms with E-state index < -0.39 is 11.3 Å². The second-order valence-corrected chi connectivity index (χ2v) is 10.4. The minimum Gasteiger partial charge on any atom is -0.444 e. The van der Waals surface area contributed by atoms with Gasteiger partial charge in [-0.1, -0.05) is 0 Å². The van der Waals surface area contributed by atoms with Crippen molar-refractivity contribution in [2.45, 2.75) is 90.3 Å². The van der Waals surface area contributed by atoms with Crippen molar-refractivity contribution in [1.82, 2.24) is 20.4 Å². The first-order valence-electron chi connectivity index (χ1n) is 11.4. The van der Waals surface area contributed by atoms with Crippen molar-refractivity contribution in [3.8, 4) is 0 Å². The Bertz CT molecular complexity index is 641. The molecule has 8 heteroatoms. The monoisotopic (exact) mass is 423 g/mol. The van der Waals surface area contributed by atoms with Gasteiger partial charge < -0.3 is 25.0 Å². The van der Waals surface area contributed by atoms with Gasteiger partial charge in [-0.3, -0.25) is 9.89 Å². The summed E-state index contributed by atoms with van der Waals surface area (Å²) >= 11 is 0. The van der Waals surface area contributed by atoms with E-state index in [1.165, 1.54) is 32.4 Å². The molecule has 8 nitrogen and oxygen atoms in total. The smallest absolute Gasteiger partial charge is 0.412 e. The molecular formula is C22H41N5O3. The van der Waals surface area contributed by atoms with E-state index in [-0.39, 0.29) is 18.2 Å². The first-order chi connectivity index (χ1) is 14.0. The standard InChI is InChI=1S/C22H41N5O3/c1-15-18(27(22(5,6)29-15)20(28)30-21(2,3)4)13-25-19(23-7)24-12-16-10-11-26(14-16)17-8-9-17/h15-18H,8-14H2,1-7H3,(H2,23,24,25). The van der Waals surface area contributed by atoms with Gasteiger partial charge in [0.1, 0.15) is 11.3 Å². The summed E-state index contributed by atoms with van der Waals surface area (Å²) in [6.45, 7) is 15.3. The molecule has 1 amide bonds. The van der Waals surface area contributed by atoms with E-state index in [0.29, 0.717) is 12.5 Å². The summed E-state index contributed by atoms with van der Waals surface area (Å²) < 4.78 is 11.7. The fourth-order valence-electron chi connectivity index (χ4n) is 4.59. The second-order valence-electron chi connectivity index (χ2n) is 10.4. The van der Waals surface area contributed by atoms with Gasteiger partial charge in [-0.15, -0.1) is 0 Å². The zero-order valence-electron chi connectivity index (χ0n) is 19.8. The SMILES string of the molecule is CN=C(NCC1CCN(C2CC2)C1)NCC1C(C)OC(C)(C)N1C(=O)OC(C)(C)C. The Morgan fingerprint density at radius 3 is 2.47 bits per heavy atom. The van der Waals surface area contributed by atoms with Gasteiger partial charge >= 0.3 is 6.09 Å². The average molecular weight is 424 g/mol. The molecule has 0 radical (unpaired) electrons. The highest BCUT2D eigenvalue weighted by atomic mass is 16.6. The van der Waals surface area contributed by atoms with Crippen LogP contribution in [-0.2, 0) is 9.47 Å². The number of carbonyl (C=O) groups excluding carboxylic acids is 1. The number of aliphatic imine (C=N–C) groups is 1. The van der Waals surface area contributed by atoms with Crippen LogP contribution in [0.25, 0.3) is 0 Å². The molecule has 0 bridgehead atoms. The number of hydrogen-bond donors (Lipinski definition) is 2. The lowest BCUT2D eigenvalue weighted by Crippen LogP contribution is -2.54.